The van der Waals surface area contributed by atoms with Gasteiger partial charge in [0.2, 0.25) is 5.91 Å². The van der Waals surface area contributed by atoms with Crippen molar-refractivity contribution >= 4 is 40.4 Å². The molecule has 8 nitrogen and oxygen atoms in total. The third-order valence-corrected chi connectivity index (χ3v) is 6.12. The van der Waals surface area contributed by atoms with Gasteiger partial charge in [-0.3, -0.25) is 9.59 Å². The van der Waals surface area contributed by atoms with Crippen LogP contribution in [-0.4, -0.2) is 49.9 Å². The number of aromatic hydroxyl groups is 1. The van der Waals surface area contributed by atoms with E-state index in [1.165, 1.54) is 12.1 Å². The van der Waals surface area contributed by atoms with Crippen molar-refractivity contribution in [1.82, 2.24) is 19.9 Å². The van der Waals surface area contributed by atoms with E-state index in [-0.39, 0.29) is 29.2 Å². The van der Waals surface area contributed by atoms with Crippen molar-refractivity contribution in [2.45, 2.75) is 19.4 Å². The number of halogens is 1. The summed E-state index contributed by atoms with van der Waals surface area (Å²) in [6, 6.07) is 8.47. The molecular weight excluding hydrogens is 426 g/mol. The fraction of sp³-hybridized carbons (Fsp3) is 0.300. The lowest BCUT2D eigenvalue weighted by molar-refractivity contribution is -0.121. The summed E-state index contributed by atoms with van der Waals surface area (Å²) in [5.41, 5.74) is 0.590. The molecule has 0 saturated carbocycles. The summed E-state index contributed by atoms with van der Waals surface area (Å²) >= 11 is 7.54. The van der Waals surface area contributed by atoms with E-state index in [0.717, 1.165) is 4.88 Å². The van der Waals surface area contributed by atoms with E-state index in [4.69, 9.17) is 11.6 Å². The summed E-state index contributed by atoms with van der Waals surface area (Å²) in [6.45, 7) is 1.49. The molecule has 1 aliphatic heterocycles. The van der Waals surface area contributed by atoms with Crippen molar-refractivity contribution in [2.75, 3.05) is 18.4 Å². The fourth-order valence-corrected chi connectivity index (χ4v) is 4.25. The Balaban J connectivity index is 1.31. The van der Waals surface area contributed by atoms with Gasteiger partial charge >= 0.3 is 0 Å². The van der Waals surface area contributed by atoms with Crippen molar-refractivity contribution in [3.8, 4) is 5.75 Å². The number of nitrogens with zero attached hydrogens (tertiary/aromatic N) is 4. The lowest BCUT2D eigenvalue weighted by atomic mass is 9.95. The molecule has 1 aromatic carbocycles. The highest BCUT2D eigenvalue weighted by Gasteiger charge is 2.29. The van der Waals surface area contributed by atoms with Gasteiger partial charge in [-0.25, -0.2) is 4.68 Å². The zero-order valence-corrected chi connectivity index (χ0v) is 17.6. The molecule has 2 aromatic heterocycles. The molecule has 0 spiro atoms. The summed E-state index contributed by atoms with van der Waals surface area (Å²) in [5.74, 6) is -0.659. The minimum atomic E-state index is -0.248. The Morgan fingerprint density at radius 2 is 2.07 bits per heavy atom. The molecule has 0 unspecified atom stereocenters. The first kappa shape index (κ1) is 20.4. The molecule has 0 bridgehead atoms. The molecule has 4 rings (SSSR count). The van der Waals surface area contributed by atoms with E-state index >= 15 is 0 Å². The van der Waals surface area contributed by atoms with Crippen molar-refractivity contribution in [3.63, 3.8) is 0 Å². The second kappa shape index (κ2) is 8.85. The van der Waals surface area contributed by atoms with Crippen LogP contribution in [0.2, 0.25) is 5.02 Å². The number of hydrogen-bond donors (Lipinski definition) is 2. The number of phenolic OH excluding ortho intramolecular Hbond substituents is 1. The number of nitrogens with one attached hydrogen (secondary N) is 1. The molecule has 3 heterocycles. The first-order valence-electron chi connectivity index (χ1n) is 9.51. The zero-order valence-electron chi connectivity index (χ0n) is 16.0. The Morgan fingerprint density at radius 1 is 1.27 bits per heavy atom. The molecule has 0 aliphatic carbocycles. The Kier molecular flexibility index (Phi) is 6.01. The van der Waals surface area contributed by atoms with Crippen LogP contribution in [0.4, 0.5) is 5.69 Å². The number of carbonyl (C=O) groups is 2. The van der Waals surface area contributed by atoms with Crippen LogP contribution >= 0.6 is 22.9 Å². The Hall–Kier alpha value is -2.91. The second-order valence-corrected chi connectivity index (χ2v) is 8.57. The Morgan fingerprint density at radius 3 is 2.80 bits per heavy atom. The number of piperidine rings is 1. The predicted molar refractivity (Wildman–Crippen MR) is 114 cm³/mol. The van der Waals surface area contributed by atoms with Crippen LogP contribution in [0.25, 0.3) is 0 Å². The predicted octanol–water partition coefficient (Wildman–Crippen LogP) is 3.24. The van der Waals surface area contributed by atoms with Gasteiger partial charge < -0.3 is 15.3 Å². The quantitative estimate of drug-likeness (QED) is 0.587. The maximum atomic E-state index is 12.7. The maximum Gasteiger partial charge on any atom is 0.276 e. The number of amides is 2. The largest absolute Gasteiger partial charge is 0.506 e. The molecule has 1 saturated heterocycles. The highest BCUT2D eigenvalue weighted by molar-refractivity contribution is 7.09. The fourth-order valence-electron chi connectivity index (χ4n) is 3.39. The SMILES string of the molecule is O=C(Nc1cc(Cl)ccc1O)C1CCN(C(=O)c2cn(Cc3cccs3)nn2)CC1. The molecule has 10 heteroatoms. The van der Waals surface area contributed by atoms with E-state index < -0.39 is 0 Å². The van der Waals surface area contributed by atoms with Crippen LogP contribution in [0.3, 0.4) is 0 Å². The zero-order chi connectivity index (χ0) is 21.1. The van der Waals surface area contributed by atoms with Crippen LogP contribution in [-0.2, 0) is 11.3 Å². The molecule has 30 heavy (non-hydrogen) atoms. The van der Waals surface area contributed by atoms with Gasteiger partial charge in [0.25, 0.3) is 5.91 Å². The van der Waals surface area contributed by atoms with Crippen LogP contribution in [0.1, 0.15) is 28.2 Å². The highest BCUT2D eigenvalue weighted by atomic mass is 35.5. The average Bonchev–Trinajstić information content (AvgIpc) is 3.43. The first-order valence-corrected chi connectivity index (χ1v) is 10.8. The van der Waals surface area contributed by atoms with Gasteiger partial charge in [-0.05, 0) is 42.5 Å². The molecular formula is C20H20ClN5O3S. The number of phenols is 1. The maximum absolute atomic E-state index is 12.7. The summed E-state index contributed by atoms with van der Waals surface area (Å²) in [6.07, 6.45) is 2.72. The van der Waals surface area contributed by atoms with Crippen molar-refractivity contribution in [3.05, 3.63) is 57.5 Å². The highest BCUT2D eigenvalue weighted by Crippen LogP contribution is 2.28. The van der Waals surface area contributed by atoms with Crippen LogP contribution < -0.4 is 5.32 Å². The van der Waals surface area contributed by atoms with E-state index in [2.05, 4.69) is 15.6 Å². The molecule has 2 amide bonds. The Bertz CT molecular complexity index is 1040. The van der Waals surface area contributed by atoms with Gasteiger partial charge in [-0.1, -0.05) is 22.9 Å². The summed E-state index contributed by atoms with van der Waals surface area (Å²) < 4.78 is 1.65. The normalized spacial score (nSPS) is 14.6. The molecule has 0 atom stereocenters. The minimum absolute atomic E-state index is 0.0361. The van der Waals surface area contributed by atoms with E-state index in [9.17, 15) is 14.7 Å². The first-order chi connectivity index (χ1) is 14.5. The van der Waals surface area contributed by atoms with Crippen molar-refractivity contribution in [2.24, 2.45) is 5.92 Å². The summed E-state index contributed by atoms with van der Waals surface area (Å²) in [7, 11) is 0. The van der Waals surface area contributed by atoms with Gasteiger partial charge in [0.1, 0.15) is 5.75 Å². The van der Waals surface area contributed by atoms with Gasteiger partial charge in [0.05, 0.1) is 18.4 Å². The van der Waals surface area contributed by atoms with Crippen molar-refractivity contribution in [1.29, 1.82) is 0 Å². The summed E-state index contributed by atoms with van der Waals surface area (Å²) in [4.78, 5) is 28.1. The van der Waals surface area contributed by atoms with Crippen molar-refractivity contribution < 1.29 is 14.7 Å². The van der Waals surface area contributed by atoms with Gasteiger partial charge in [0.15, 0.2) is 5.69 Å². The van der Waals surface area contributed by atoms with Gasteiger partial charge in [0, 0.05) is 28.9 Å². The number of benzene rings is 1. The van der Waals surface area contributed by atoms with E-state index in [1.54, 1.807) is 33.2 Å². The molecule has 3 aromatic rings. The molecule has 1 aliphatic rings. The monoisotopic (exact) mass is 445 g/mol. The second-order valence-electron chi connectivity index (χ2n) is 7.10. The Labute approximate surface area is 182 Å². The lowest BCUT2D eigenvalue weighted by Crippen LogP contribution is -2.41. The smallest absolute Gasteiger partial charge is 0.276 e. The number of carbonyl (C=O) groups excluding carboxylic acids is 2. The molecule has 2 N–H and O–H groups in total. The lowest BCUT2D eigenvalue weighted by Gasteiger charge is -2.30. The number of aromatic nitrogens is 3. The number of thiophene rings is 1. The van der Waals surface area contributed by atoms with Crippen LogP contribution in [0, 0.1) is 5.92 Å². The van der Waals surface area contributed by atoms with E-state index in [0.29, 0.717) is 43.2 Å². The average molecular weight is 446 g/mol. The summed E-state index contributed by atoms with van der Waals surface area (Å²) in [5, 5.41) is 23.0. The standard InChI is InChI=1S/C20H20ClN5O3S/c21-14-3-4-18(27)16(10-14)22-19(28)13-5-7-25(8-6-13)20(29)17-12-26(24-23-17)11-15-2-1-9-30-15/h1-4,9-10,12-13,27H,5-8,11H2,(H,22,28). The van der Waals surface area contributed by atoms with Crippen LogP contribution in [0.15, 0.2) is 41.9 Å². The third-order valence-electron chi connectivity index (χ3n) is 5.03. The number of hydrogen-bond acceptors (Lipinski definition) is 6. The molecule has 156 valence electrons. The number of anilines is 1. The molecule has 0 radical (unpaired) electrons. The van der Waals surface area contributed by atoms with Gasteiger partial charge in [-0.2, -0.15) is 0 Å². The number of likely N-dealkylation sites (tertiary alicyclic amines) is 1. The topological polar surface area (TPSA) is 100 Å². The third kappa shape index (κ3) is 4.63. The number of rotatable bonds is 5. The minimum Gasteiger partial charge on any atom is -0.506 e. The van der Waals surface area contributed by atoms with Gasteiger partial charge in [-0.15, -0.1) is 16.4 Å². The van der Waals surface area contributed by atoms with E-state index in [1.807, 2.05) is 17.5 Å². The molecule has 1 fully saturated rings. The van der Waals surface area contributed by atoms with Crippen LogP contribution in [0.5, 0.6) is 5.75 Å².